The van der Waals surface area contributed by atoms with Gasteiger partial charge >= 0.3 is 0 Å². The normalized spacial score (nSPS) is 9.90. The first-order valence-electron chi connectivity index (χ1n) is 6.20. The summed E-state index contributed by atoms with van der Waals surface area (Å²) in [5.41, 5.74) is 1.29. The lowest BCUT2D eigenvalue weighted by Gasteiger charge is -2.04. The highest BCUT2D eigenvalue weighted by molar-refractivity contribution is 7.98. The maximum absolute atomic E-state index is 13.9. The fraction of sp³-hybridized carbons (Fsp3) is 0.188. The first kappa shape index (κ1) is 14.6. The van der Waals surface area contributed by atoms with Crippen molar-refractivity contribution in [2.45, 2.75) is 17.1 Å². The smallest absolute Gasteiger partial charge is 0.128 e. The van der Waals surface area contributed by atoms with Crippen LogP contribution in [0.2, 0.25) is 0 Å². The summed E-state index contributed by atoms with van der Waals surface area (Å²) in [5.74, 6) is 5.92. The van der Waals surface area contributed by atoms with Crippen molar-refractivity contribution in [2.75, 3.05) is 6.61 Å². The van der Waals surface area contributed by atoms with Crippen LogP contribution in [0, 0.1) is 17.7 Å². The van der Waals surface area contributed by atoms with E-state index in [1.165, 1.54) is 6.07 Å². The largest absolute Gasteiger partial charge is 0.395 e. The van der Waals surface area contributed by atoms with Gasteiger partial charge in [-0.25, -0.2) is 4.39 Å². The van der Waals surface area contributed by atoms with Crippen LogP contribution in [-0.2, 0) is 5.75 Å². The summed E-state index contributed by atoms with van der Waals surface area (Å²) in [6.07, 6.45) is 3.85. The fourth-order valence-corrected chi connectivity index (χ4v) is 2.43. The Balaban J connectivity index is 2.01. The van der Waals surface area contributed by atoms with E-state index in [4.69, 9.17) is 5.11 Å². The minimum absolute atomic E-state index is 0.0239. The van der Waals surface area contributed by atoms with Gasteiger partial charge in [0.15, 0.2) is 0 Å². The minimum Gasteiger partial charge on any atom is -0.395 e. The number of thioether (sulfide) groups is 1. The van der Waals surface area contributed by atoms with Gasteiger partial charge in [0.25, 0.3) is 0 Å². The van der Waals surface area contributed by atoms with Crippen molar-refractivity contribution in [3.8, 4) is 11.8 Å². The van der Waals surface area contributed by atoms with E-state index in [1.54, 1.807) is 36.3 Å². The van der Waals surface area contributed by atoms with Gasteiger partial charge in [0, 0.05) is 35.0 Å². The third-order valence-electron chi connectivity index (χ3n) is 2.57. The molecule has 0 atom stereocenters. The summed E-state index contributed by atoms with van der Waals surface area (Å²) in [5, 5.41) is 8.64. The van der Waals surface area contributed by atoms with Crippen molar-refractivity contribution >= 4 is 11.8 Å². The Labute approximate surface area is 122 Å². The molecule has 0 aliphatic heterocycles. The van der Waals surface area contributed by atoms with Crippen LogP contribution in [0.15, 0.2) is 47.6 Å². The van der Waals surface area contributed by atoms with Crippen molar-refractivity contribution in [2.24, 2.45) is 0 Å². The van der Waals surface area contributed by atoms with Crippen molar-refractivity contribution < 1.29 is 9.50 Å². The van der Waals surface area contributed by atoms with Gasteiger partial charge in [0.05, 0.1) is 6.61 Å². The molecule has 0 aliphatic carbocycles. The highest BCUT2D eigenvalue weighted by Gasteiger charge is 2.03. The summed E-state index contributed by atoms with van der Waals surface area (Å²) in [4.78, 5) is 5.01. The number of halogens is 1. The zero-order valence-electron chi connectivity index (χ0n) is 10.8. The lowest BCUT2D eigenvalue weighted by Crippen LogP contribution is -1.89. The van der Waals surface area contributed by atoms with Gasteiger partial charge < -0.3 is 5.11 Å². The monoisotopic (exact) mass is 287 g/mol. The molecular weight excluding hydrogens is 273 g/mol. The third-order valence-corrected chi connectivity index (χ3v) is 3.63. The maximum Gasteiger partial charge on any atom is 0.128 e. The zero-order valence-corrected chi connectivity index (χ0v) is 11.7. The van der Waals surface area contributed by atoms with E-state index in [0.29, 0.717) is 23.3 Å². The first-order chi connectivity index (χ1) is 9.79. The first-order valence-corrected chi connectivity index (χ1v) is 7.19. The van der Waals surface area contributed by atoms with Crippen LogP contribution in [0.3, 0.4) is 0 Å². The molecule has 0 saturated heterocycles. The van der Waals surface area contributed by atoms with Crippen LogP contribution in [0.1, 0.15) is 17.5 Å². The number of aliphatic hydroxyl groups excluding tert-OH is 1. The maximum atomic E-state index is 13.9. The number of rotatable bonds is 4. The van der Waals surface area contributed by atoms with E-state index in [1.807, 2.05) is 12.1 Å². The lowest BCUT2D eigenvalue weighted by molar-refractivity contribution is 0.305. The van der Waals surface area contributed by atoms with Crippen LogP contribution >= 0.6 is 11.8 Å². The van der Waals surface area contributed by atoms with E-state index in [-0.39, 0.29) is 12.4 Å². The zero-order chi connectivity index (χ0) is 14.2. The molecule has 0 spiro atoms. The molecule has 1 N–H and O–H groups in total. The Kier molecular flexibility index (Phi) is 5.60. The average molecular weight is 287 g/mol. The van der Waals surface area contributed by atoms with Gasteiger partial charge in [0.2, 0.25) is 0 Å². The van der Waals surface area contributed by atoms with Crippen molar-refractivity contribution in [1.82, 2.24) is 4.98 Å². The van der Waals surface area contributed by atoms with Crippen LogP contribution in [0.4, 0.5) is 4.39 Å². The average Bonchev–Trinajstić information content (AvgIpc) is 2.48. The molecular formula is C16H14FNOS. The molecule has 20 heavy (non-hydrogen) atoms. The molecule has 0 fully saturated rings. The van der Waals surface area contributed by atoms with Crippen molar-refractivity contribution in [3.63, 3.8) is 0 Å². The SMILES string of the molecule is OCCC#Cc1ccc(CSc2ccncc2)c(F)c1. The van der Waals surface area contributed by atoms with Crippen molar-refractivity contribution in [3.05, 3.63) is 59.7 Å². The molecule has 0 unspecified atom stereocenters. The molecule has 1 aromatic heterocycles. The van der Waals surface area contributed by atoms with Gasteiger partial charge in [-0.1, -0.05) is 17.9 Å². The molecule has 0 bridgehead atoms. The molecule has 2 aromatic rings. The molecule has 0 amide bonds. The van der Waals surface area contributed by atoms with E-state index >= 15 is 0 Å². The summed E-state index contributed by atoms with van der Waals surface area (Å²) < 4.78 is 13.9. The minimum atomic E-state index is -0.248. The standard InChI is InChI=1S/C16H14FNOS/c17-16-11-13(3-1-2-10-19)4-5-14(16)12-20-15-6-8-18-9-7-15/h4-9,11,19H,2,10,12H2. The van der Waals surface area contributed by atoms with Gasteiger partial charge in [-0.2, -0.15) is 0 Å². The number of benzene rings is 1. The van der Waals surface area contributed by atoms with Gasteiger partial charge in [0.1, 0.15) is 5.82 Å². The molecule has 0 radical (unpaired) electrons. The van der Waals surface area contributed by atoms with Gasteiger partial charge in [-0.3, -0.25) is 4.98 Å². The summed E-state index contributed by atoms with van der Waals surface area (Å²) in [6.45, 7) is 0.0239. The Bertz CT molecular complexity index is 619. The number of nitrogens with zero attached hydrogens (tertiary/aromatic N) is 1. The highest BCUT2D eigenvalue weighted by Crippen LogP contribution is 2.23. The second kappa shape index (κ2) is 7.68. The second-order valence-electron chi connectivity index (χ2n) is 4.05. The second-order valence-corrected chi connectivity index (χ2v) is 5.10. The Hall–Kier alpha value is -1.83. The summed E-state index contributed by atoms with van der Waals surface area (Å²) in [7, 11) is 0. The van der Waals surface area contributed by atoms with E-state index in [9.17, 15) is 4.39 Å². The molecule has 2 nitrogen and oxygen atoms in total. The topological polar surface area (TPSA) is 33.1 Å². The van der Waals surface area contributed by atoms with E-state index in [0.717, 1.165) is 4.90 Å². The molecule has 102 valence electrons. The third kappa shape index (κ3) is 4.37. The lowest BCUT2D eigenvalue weighted by atomic mass is 10.1. The van der Waals surface area contributed by atoms with Crippen LogP contribution in [-0.4, -0.2) is 16.7 Å². The number of hydrogen-bond acceptors (Lipinski definition) is 3. The Morgan fingerprint density at radius 2 is 2.00 bits per heavy atom. The molecule has 0 aliphatic rings. The van der Waals surface area contributed by atoms with Crippen LogP contribution in [0.25, 0.3) is 0 Å². The van der Waals surface area contributed by atoms with Crippen molar-refractivity contribution in [1.29, 1.82) is 0 Å². The molecule has 1 aromatic carbocycles. The number of hydrogen-bond donors (Lipinski definition) is 1. The predicted molar refractivity (Wildman–Crippen MR) is 78.8 cm³/mol. The highest BCUT2D eigenvalue weighted by atomic mass is 32.2. The number of pyridine rings is 1. The van der Waals surface area contributed by atoms with Crippen LogP contribution in [0.5, 0.6) is 0 Å². The molecule has 0 saturated carbocycles. The summed E-state index contributed by atoms with van der Waals surface area (Å²) in [6, 6.07) is 8.80. The fourth-order valence-electron chi connectivity index (χ4n) is 1.56. The quantitative estimate of drug-likeness (QED) is 0.692. The Morgan fingerprint density at radius 3 is 2.70 bits per heavy atom. The van der Waals surface area contributed by atoms with E-state index < -0.39 is 0 Å². The summed E-state index contributed by atoms with van der Waals surface area (Å²) >= 11 is 1.57. The number of aliphatic hydroxyl groups is 1. The molecule has 4 heteroatoms. The Morgan fingerprint density at radius 1 is 1.20 bits per heavy atom. The predicted octanol–water partition coefficient (Wildman–Crippen LogP) is 3.25. The van der Waals surface area contributed by atoms with Gasteiger partial charge in [-0.15, -0.1) is 11.8 Å². The van der Waals surface area contributed by atoms with Crippen LogP contribution < -0.4 is 0 Å². The van der Waals surface area contributed by atoms with Gasteiger partial charge in [-0.05, 0) is 29.8 Å². The van der Waals surface area contributed by atoms with E-state index in [2.05, 4.69) is 16.8 Å². The number of aromatic nitrogens is 1. The molecule has 2 rings (SSSR count). The molecule has 1 heterocycles.